The first-order valence-corrected chi connectivity index (χ1v) is 6.47. The molecule has 0 bridgehead atoms. The summed E-state index contributed by atoms with van der Waals surface area (Å²) in [5.41, 5.74) is 1.01. The van der Waals surface area contributed by atoms with Crippen LogP contribution < -0.4 is 0 Å². The molecule has 92 valence electrons. The Morgan fingerprint density at radius 2 is 2.24 bits per heavy atom. The Bertz CT molecular complexity index is 583. The van der Waals surface area contributed by atoms with Crippen LogP contribution in [0.25, 0.3) is 0 Å². The van der Waals surface area contributed by atoms with Gasteiger partial charge in [-0.05, 0) is 33.0 Å². The summed E-state index contributed by atoms with van der Waals surface area (Å²) in [5.74, 6) is 0.549. The molecule has 7 heteroatoms. The van der Waals surface area contributed by atoms with Crippen LogP contribution in [0, 0.1) is 18.6 Å². The summed E-state index contributed by atoms with van der Waals surface area (Å²) in [7, 11) is 0. The monoisotopic (exact) mass is 270 g/mol. The maximum absolute atomic E-state index is 9.24. The van der Waals surface area contributed by atoms with Gasteiger partial charge in [-0.2, -0.15) is 5.10 Å². The highest BCUT2D eigenvalue weighted by atomic mass is 32.1. The zero-order valence-corrected chi connectivity index (χ0v) is 11.5. The topological polar surface area (TPSA) is 66.7 Å². The van der Waals surface area contributed by atoms with E-state index in [1.54, 1.807) is 11.3 Å². The molecule has 0 aliphatic heterocycles. The minimum Gasteiger partial charge on any atom is -0.388 e. The fourth-order valence-electron chi connectivity index (χ4n) is 1.90. The molecule has 0 aromatic carbocycles. The Labute approximate surface area is 108 Å². The zero-order valence-electron chi connectivity index (χ0n) is 9.89. The van der Waals surface area contributed by atoms with Crippen LogP contribution in [0.15, 0.2) is 0 Å². The van der Waals surface area contributed by atoms with Crippen molar-refractivity contribution in [1.29, 1.82) is 0 Å². The Hall–Kier alpha value is -1.05. The van der Waals surface area contributed by atoms with Crippen molar-refractivity contribution in [3.8, 4) is 0 Å². The summed E-state index contributed by atoms with van der Waals surface area (Å²) >= 11 is 6.83. The molecule has 1 atom stereocenters. The molecule has 1 unspecified atom stereocenters. The van der Waals surface area contributed by atoms with Crippen molar-refractivity contribution in [3.63, 3.8) is 0 Å². The van der Waals surface area contributed by atoms with Crippen molar-refractivity contribution in [2.75, 3.05) is 0 Å². The summed E-state index contributed by atoms with van der Waals surface area (Å²) in [6, 6.07) is 0.0367. The molecule has 17 heavy (non-hydrogen) atoms. The van der Waals surface area contributed by atoms with E-state index in [9.17, 15) is 5.11 Å². The van der Waals surface area contributed by atoms with Crippen LogP contribution in [0.1, 0.15) is 34.4 Å². The molecule has 5 nitrogen and oxygen atoms in total. The number of nitrogens with zero attached hydrogens (tertiary/aromatic N) is 3. The quantitative estimate of drug-likeness (QED) is 0.838. The summed E-state index contributed by atoms with van der Waals surface area (Å²) in [4.78, 5) is 5.55. The van der Waals surface area contributed by atoms with Crippen molar-refractivity contribution < 1.29 is 5.11 Å². The predicted octanol–water partition coefficient (Wildman–Crippen LogP) is 2.12. The van der Waals surface area contributed by atoms with E-state index in [0.29, 0.717) is 10.6 Å². The molecular weight excluding hydrogens is 256 g/mol. The average molecular weight is 270 g/mol. The number of aromatic amines is 1. The minimum atomic E-state index is -0.131. The molecule has 2 aromatic rings. The van der Waals surface area contributed by atoms with Crippen molar-refractivity contribution in [1.82, 2.24) is 19.7 Å². The Balaban J connectivity index is 2.50. The molecule has 0 aliphatic rings. The molecular formula is C10H14N4OS2. The van der Waals surface area contributed by atoms with Crippen LogP contribution in [0.2, 0.25) is 0 Å². The fraction of sp³-hybridized carbons (Fsp3) is 0.500. The van der Waals surface area contributed by atoms with Gasteiger partial charge in [-0.1, -0.05) is 0 Å². The maximum atomic E-state index is 9.24. The number of aromatic nitrogens is 4. The Kier molecular flexibility index (Phi) is 3.41. The number of aryl methyl sites for hydroxylation is 2. The molecule has 0 fully saturated rings. The lowest BCUT2D eigenvalue weighted by Crippen LogP contribution is -2.10. The highest BCUT2D eigenvalue weighted by Gasteiger charge is 2.18. The second-order valence-corrected chi connectivity index (χ2v) is 5.45. The lowest BCUT2D eigenvalue weighted by Gasteiger charge is -2.13. The van der Waals surface area contributed by atoms with Gasteiger partial charge in [-0.15, -0.1) is 11.3 Å². The molecule has 0 amide bonds. The van der Waals surface area contributed by atoms with Gasteiger partial charge in [-0.25, -0.2) is 4.98 Å². The van der Waals surface area contributed by atoms with Gasteiger partial charge in [0.05, 0.1) is 21.6 Å². The Morgan fingerprint density at radius 3 is 2.76 bits per heavy atom. The smallest absolute Gasteiger partial charge is 0.195 e. The number of aliphatic hydroxyl groups is 1. The predicted molar refractivity (Wildman–Crippen MR) is 68.7 cm³/mol. The van der Waals surface area contributed by atoms with E-state index in [0.717, 1.165) is 15.6 Å². The van der Waals surface area contributed by atoms with E-state index >= 15 is 0 Å². The molecule has 0 spiro atoms. The van der Waals surface area contributed by atoms with Gasteiger partial charge < -0.3 is 5.11 Å². The van der Waals surface area contributed by atoms with Gasteiger partial charge >= 0.3 is 0 Å². The summed E-state index contributed by atoms with van der Waals surface area (Å²) < 4.78 is 2.35. The van der Waals surface area contributed by atoms with Crippen LogP contribution in [-0.4, -0.2) is 24.9 Å². The maximum Gasteiger partial charge on any atom is 0.195 e. The van der Waals surface area contributed by atoms with Gasteiger partial charge in [-0.3, -0.25) is 9.67 Å². The number of aliphatic hydroxyl groups excluding tert-OH is 1. The van der Waals surface area contributed by atoms with Crippen LogP contribution in [0.5, 0.6) is 0 Å². The summed E-state index contributed by atoms with van der Waals surface area (Å²) in [6.07, 6.45) is 0. The molecule has 2 heterocycles. The summed E-state index contributed by atoms with van der Waals surface area (Å²) in [5, 5.41) is 17.0. The lowest BCUT2D eigenvalue weighted by atomic mass is 10.2. The first-order valence-electron chi connectivity index (χ1n) is 5.25. The van der Waals surface area contributed by atoms with E-state index in [2.05, 4.69) is 15.2 Å². The normalized spacial score (nSPS) is 12.9. The third-order valence-electron chi connectivity index (χ3n) is 2.63. The first-order chi connectivity index (χ1) is 8.04. The molecule has 0 saturated heterocycles. The van der Waals surface area contributed by atoms with Gasteiger partial charge in [0.15, 0.2) is 10.6 Å². The van der Waals surface area contributed by atoms with Crippen molar-refractivity contribution in [2.45, 2.75) is 33.4 Å². The largest absolute Gasteiger partial charge is 0.388 e. The molecule has 0 radical (unpaired) electrons. The number of nitrogens with one attached hydrogen (secondary N) is 1. The van der Waals surface area contributed by atoms with Gasteiger partial charge in [0, 0.05) is 0 Å². The first kappa shape index (κ1) is 12.4. The van der Waals surface area contributed by atoms with Crippen LogP contribution in [0.4, 0.5) is 0 Å². The number of hydrogen-bond donors (Lipinski definition) is 2. The van der Waals surface area contributed by atoms with E-state index < -0.39 is 0 Å². The Morgan fingerprint density at radius 1 is 1.53 bits per heavy atom. The van der Waals surface area contributed by atoms with E-state index in [1.807, 2.05) is 25.3 Å². The van der Waals surface area contributed by atoms with Crippen molar-refractivity contribution in [3.05, 3.63) is 26.2 Å². The standard InChI is InChI=1S/C10H14N4OS2/c1-5-9(17-7(3)11-5)6(2)14-8(4-15)12-13-10(14)16/h6,15H,4H2,1-3H3,(H,13,16). The van der Waals surface area contributed by atoms with Crippen LogP contribution >= 0.6 is 23.6 Å². The van der Waals surface area contributed by atoms with Gasteiger partial charge in [0.1, 0.15) is 6.61 Å². The van der Waals surface area contributed by atoms with E-state index in [4.69, 9.17) is 12.2 Å². The molecule has 2 aromatic heterocycles. The number of hydrogen-bond acceptors (Lipinski definition) is 5. The molecule has 2 N–H and O–H groups in total. The fourth-order valence-corrected chi connectivity index (χ4v) is 3.18. The SMILES string of the molecule is Cc1nc(C)c(C(C)n2c(CO)n[nH]c2=S)s1. The molecule has 0 aliphatic carbocycles. The van der Waals surface area contributed by atoms with E-state index in [1.165, 1.54) is 0 Å². The number of H-pyrrole nitrogens is 1. The highest BCUT2D eigenvalue weighted by Crippen LogP contribution is 2.28. The third-order valence-corrected chi connectivity index (χ3v) is 4.16. The lowest BCUT2D eigenvalue weighted by molar-refractivity contribution is 0.263. The van der Waals surface area contributed by atoms with Gasteiger partial charge in [0.2, 0.25) is 0 Å². The van der Waals surface area contributed by atoms with Crippen LogP contribution in [-0.2, 0) is 6.61 Å². The second-order valence-electron chi connectivity index (χ2n) is 3.83. The minimum absolute atomic E-state index is 0.0367. The molecule has 2 rings (SSSR count). The van der Waals surface area contributed by atoms with Gasteiger partial charge in [0.25, 0.3) is 0 Å². The zero-order chi connectivity index (χ0) is 12.6. The van der Waals surface area contributed by atoms with Crippen LogP contribution in [0.3, 0.4) is 0 Å². The number of rotatable bonds is 3. The average Bonchev–Trinajstić information content (AvgIpc) is 2.80. The third kappa shape index (κ3) is 2.18. The summed E-state index contributed by atoms with van der Waals surface area (Å²) in [6.45, 7) is 5.87. The molecule has 0 saturated carbocycles. The van der Waals surface area contributed by atoms with Crippen molar-refractivity contribution >= 4 is 23.6 Å². The van der Waals surface area contributed by atoms with E-state index in [-0.39, 0.29) is 12.6 Å². The number of thiazole rings is 1. The highest BCUT2D eigenvalue weighted by molar-refractivity contribution is 7.71. The van der Waals surface area contributed by atoms with Crippen molar-refractivity contribution in [2.24, 2.45) is 0 Å². The second kappa shape index (κ2) is 4.67.